The maximum Gasteiger partial charge on any atom is 0.191 e. The summed E-state index contributed by atoms with van der Waals surface area (Å²) in [6.45, 7) is 8.73. The summed E-state index contributed by atoms with van der Waals surface area (Å²) in [6, 6.07) is 8.54. The number of guanidine groups is 1. The predicted octanol–water partition coefficient (Wildman–Crippen LogP) is 2.88. The van der Waals surface area contributed by atoms with Gasteiger partial charge in [0.1, 0.15) is 5.75 Å². The summed E-state index contributed by atoms with van der Waals surface area (Å²) in [5.74, 6) is 1.76. The molecule has 0 aliphatic carbocycles. The first-order chi connectivity index (χ1) is 14.6. The van der Waals surface area contributed by atoms with Crippen molar-refractivity contribution in [1.82, 2.24) is 15.5 Å². The Morgan fingerprint density at radius 2 is 1.87 bits per heavy atom. The molecule has 1 aromatic rings. The Morgan fingerprint density at radius 1 is 1.16 bits per heavy atom. The van der Waals surface area contributed by atoms with Crippen molar-refractivity contribution in [2.45, 2.75) is 31.6 Å². The van der Waals surface area contributed by atoms with Gasteiger partial charge in [0.25, 0.3) is 0 Å². The van der Waals surface area contributed by atoms with Gasteiger partial charge in [-0.3, -0.25) is 4.99 Å². The second-order valence-corrected chi connectivity index (χ2v) is 7.85. The van der Waals surface area contributed by atoms with Gasteiger partial charge in [-0.25, -0.2) is 0 Å². The summed E-state index contributed by atoms with van der Waals surface area (Å²) in [7, 11) is 5.71. The molecule has 0 unspecified atom stereocenters. The van der Waals surface area contributed by atoms with Gasteiger partial charge in [-0.05, 0) is 50.9 Å². The van der Waals surface area contributed by atoms with E-state index in [4.69, 9.17) is 14.2 Å². The van der Waals surface area contributed by atoms with E-state index in [2.05, 4.69) is 51.8 Å². The van der Waals surface area contributed by atoms with Crippen LogP contribution in [-0.2, 0) is 14.9 Å². The van der Waals surface area contributed by atoms with Crippen LogP contribution in [0.25, 0.3) is 0 Å². The number of nitrogens with one attached hydrogen (secondary N) is 2. The molecule has 0 atom stereocenters. The zero-order chi connectivity index (χ0) is 21.7. The molecule has 0 bridgehead atoms. The average Bonchev–Trinajstić information content (AvgIpc) is 2.77. The minimum absolute atomic E-state index is 0. The third-order valence-corrected chi connectivity index (χ3v) is 5.72. The number of nitrogens with zero attached hydrogens (tertiary/aromatic N) is 2. The molecule has 1 aliphatic heterocycles. The third kappa shape index (κ3) is 9.51. The number of hydrogen-bond acceptors (Lipinski definition) is 5. The first kappa shape index (κ1) is 27.9. The smallest absolute Gasteiger partial charge is 0.191 e. The molecule has 178 valence electrons. The van der Waals surface area contributed by atoms with Crippen LogP contribution < -0.4 is 15.4 Å². The van der Waals surface area contributed by atoms with Gasteiger partial charge in [0.2, 0.25) is 0 Å². The highest BCUT2D eigenvalue weighted by Crippen LogP contribution is 2.35. The Bertz CT molecular complexity index is 622. The van der Waals surface area contributed by atoms with Crippen molar-refractivity contribution in [3.05, 3.63) is 29.8 Å². The van der Waals surface area contributed by atoms with Crippen LogP contribution in [-0.4, -0.2) is 84.7 Å². The van der Waals surface area contributed by atoms with Gasteiger partial charge >= 0.3 is 0 Å². The van der Waals surface area contributed by atoms with Gasteiger partial charge in [-0.2, -0.15) is 0 Å². The molecular formula is C23H41IN4O3. The zero-order valence-corrected chi connectivity index (χ0v) is 21.9. The van der Waals surface area contributed by atoms with E-state index in [1.54, 1.807) is 7.11 Å². The van der Waals surface area contributed by atoms with E-state index >= 15 is 0 Å². The van der Waals surface area contributed by atoms with Gasteiger partial charge in [0, 0.05) is 65.6 Å². The predicted molar refractivity (Wildman–Crippen MR) is 138 cm³/mol. The molecule has 31 heavy (non-hydrogen) atoms. The number of methoxy groups -OCH3 is 1. The Kier molecular flexibility index (Phi) is 14.1. The van der Waals surface area contributed by atoms with E-state index < -0.39 is 0 Å². The Balaban J connectivity index is 0.00000480. The molecule has 1 saturated heterocycles. The van der Waals surface area contributed by atoms with Crippen LogP contribution in [0.4, 0.5) is 0 Å². The number of benzene rings is 1. The molecule has 0 saturated carbocycles. The second-order valence-electron chi connectivity index (χ2n) is 7.85. The minimum atomic E-state index is 0. The second kappa shape index (κ2) is 15.7. The van der Waals surface area contributed by atoms with Crippen LogP contribution >= 0.6 is 24.0 Å². The monoisotopic (exact) mass is 548 g/mol. The van der Waals surface area contributed by atoms with Crippen LogP contribution in [0, 0.1) is 0 Å². The fraction of sp³-hybridized carbons (Fsp3) is 0.696. The number of hydrogen-bond donors (Lipinski definition) is 2. The Hall–Kier alpha value is -1.10. The largest absolute Gasteiger partial charge is 0.494 e. The lowest BCUT2D eigenvalue weighted by Gasteiger charge is -2.38. The van der Waals surface area contributed by atoms with E-state index in [1.165, 1.54) is 5.56 Å². The third-order valence-electron chi connectivity index (χ3n) is 5.72. The molecule has 1 heterocycles. The van der Waals surface area contributed by atoms with Crippen molar-refractivity contribution in [2.75, 3.05) is 73.8 Å². The standard InChI is InChI=1S/C23H40N4O3.HI/c1-5-30-21-9-7-20(8-10-21)23(11-17-29-18-12-23)19-26-22(24-2)25-13-15-27(3)14-6-16-28-4;/h7-10H,5-6,11-19H2,1-4H3,(H2,24,25,26);1H. The van der Waals surface area contributed by atoms with Crippen LogP contribution in [0.1, 0.15) is 31.7 Å². The minimum Gasteiger partial charge on any atom is -0.494 e. The van der Waals surface area contributed by atoms with Gasteiger partial charge in [0.15, 0.2) is 5.96 Å². The Labute approximate surface area is 205 Å². The number of halogens is 1. The van der Waals surface area contributed by atoms with Crippen molar-refractivity contribution in [2.24, 2.45) is 4.99 Å². The average molecular weight is 549 g/mol. The molecule has 1 aromatic carbocycles. The number of aliphatic imine (C=N–C) groups is 1. The van der Waals surface area contributed by atoms with Crippen molar-refractivity contribution in [1.29, 1.82) is 0 Å². The maximum absolute atomic E-state index is 5.66. The lowest BCUT2D eigenvalue weighted by Crippen LogP contribution is -2.49. The summed E-state index contributed by atoms with van der Waals surface area (Å²) in [4.78, 5) is 6.72. The number of likely N-dealkylation sites (N-methyl/N-ethyl adjacent to an activating group) is 1. The van der Waals surface area contributed by atoms with Gasteiger partial charge in [-0.15, -0.1) is 24.0 Å². The van der Waals surface area contributed by atoms with Gasteiger partial charge < -0.3 is 29.7 Å². The molecular weight excluding hydrogens is 507 g/mol. The molecule has 8 heteroatoms. The summed E-state index contributed by atoms with van der Waals surface area (Å²) in [5, 5.41) is 7.00. The van der Waals surface area contributed by atoms with Gasteiger partial charge in [-0.1, -0.05) is 12.1 Å². The first-order valence-corrected chi connectivity index (χ1v) is 11.1. The SMILES string of the molecule is CCOc1ccc(C2(CNC(=NC)NCCN(C)CCCOC)CCOCC2)cc1.I. The number of rotatable bonds is 12. The fourth-order valence-corrected chi connectivity index (χ4v) is 3.83. The molecule has 2 rings (SSSR count). The summed E-state index contributed by atoms with van der Waals surface area (Å²) >= 11 is 0. The summed E-state index contributed by atoms with van der Waals surface area (Å²) in [6.07, 6.45) is 3.03. The highest BCUT2D eigenvalue weighted by atomic mass is 127. The highest BCUT2D eigenvalue weighted by molar-refractivity contribution is 14.0. The highest BCUT2D eigenvalue weighted by Gasteiger charge is 2.34. The van der Waals surface area contributed by atoms with Gasteiger partial charge in [0.05, 0.1) is 6.61 Å². The lowest BCUT2D eigenvalue weighted by atomic mass is 9.74. The maximum atomic E-state index is 5.66. The lowest BCUT2D eigenvalue weighted by molar-refractivity contribution is 0.0513. The van der Waals surface area contributed by atoms with E-state index in [9.17, 15) is 0 Å². The fourth-order valence-electron chi connectivity index (χ4n) is 3.83. The zero-order valence-electron chi connectivity index (χ0n) is 19.6. The Morgan fingerprint density at radius 3 is 2.48 bits per heavy atom. The molecule has 2 N–H and O–H groups in total. The number of ether oxygens (including phenoxy) is 3. The van der Waals surface area contributed by atoms with E-state index in [0.717, 1.165) is 77.0 Å². The summed E-state index contributed by atoms with van der Waals surface area (Å²) in [5.41, 5.74) is 1.37. The van der Waals surface area contributed by atoms with Crippen molar-refractivity contribution >= 4 is 29.9 Å². The van der Waals surface area contributed by atoms with Crippen LogP contribution in [0.5, 0.6) is 5.75 Å². The molecule has 7 nitrogen and oxygen atoms in total. The molecule has 0 spiro atoms. The van der Waals surface area contributed by atoms with E-state index in [1.807, 2.05) is 14.0 Å². The van der Waals surface area contributed by atoms with Crippen LogP contribution in [0.15, 0.2) is 29.3 Å². The molecule has 0 radical (unpaired) electrons. The molecule has 0 amide bonds. The molecule has 1 fully saturated rings. The van der Waals surface area contributed by atoms with E-state index in [-0.39, 0.29) is 29.4 Å². The van der Waals surface area contributed by atoms with Crippen molar-refractivity contribution < 1.29 is 14.2 Å². The van der Waals surface area contributed by atoms with E-state index in [0.29, 0.717) is 6.61 Å². The first-order valence-electron chi connectivity index (χ1n) is 11.1. The van der Waals surface area contributed by atoms with Crippen LogP contribution in [0.3, 0.4) is 0 Å². The van der Waals surface area contributed by atoms with Crippen molar-refractivity contribution in [3.63, 3.8) is 0 Å². The quantitative estimate of drug-likeness (QED) is 0.181. The topological polar surface area (TPSA) is 67.4 Å². The summed E-state index contributed by atoms with van der Waals surface area (Å²) < 4.78 is 16.4. The normalized spacial score (nSPS) is 16.0. The molecule has 0 aromatic heterocycles. The van der Waals surface area contributed by atoms with Crippen molar-refractivity contribution in [3.8, 4) is 5.75 Å². The molecule has 1 aliphatic rings. The van der Waals surface area contributed by atoms with Crippen LogP contribution in [0.2, 0.25) is 0 Å².